The van der Waals surface area contributed by atoms with Crippen molar-refractivity contribution < 1.29 is 22.8 Å². The van der Waals surface area contributed by atoms with Gasteiger partial charge in [-0.15, -0.1) is 0 Å². The van der Waals surface area contributed by atoms with E-state index < -0.39 is 34.5 Å². The maximum atomic E-state index is 13.4. The fraction of sp³-hybridized carbons (Fsp3) is 0.640. The number of halogens is 3. The summed E-state index contributed by atoms with van der Waals surface area (Å²) in [6.07, 6.45) is 2.72. The molecule has 2 N–H and O–H groups in total. The fourth-order valence-corrected chi connectivity index (χ4v) is 6.10. The van der Waals surface area contributed by atoms with Crippen molar-refractivity contribution in [2.24, 2.45) is 23.0 Å². The number of carbonyl (C=O) groups is 2. The monoisotopic (exact) mass is 476 g/mol. The smallest absolute Gasteiger partial charge is 0.371 e. The van der Waals surface area contributed by atoms with E-state index in [2.05, 4.69) is 0 Å². The Bertz CT molecular complexity index is 973. The largest absolute Gasteiger partial charge is 0.417 e. The van der Waals surface area contributed by atoms with Gasteiger partial charge in [0.05, 0.1) is 23.1 Å². The summed E-state index contributed by atoms with van der Waals surface area (Å²) in [4.78, 5) is 29.0. The third kappa shape index (κ3) is 4.86. The molecule has 34 heavy (non-hydrogen) atoms. The zero-order valence-electron chi connectivity index (χ0n) is 19.2. The topological polar surface area (TPSA) is 90.4 Å². The van der Waals surface area contributed by atoms with Crippen molar-refractivity contribution in [2.45, 2.75) is 57.5 Å². The van der Waals surface area contributed by atoms with E-state index in [1.807, 2.05) is 4.90 Å². The van der Waals surface area contributed by atoms with E-state index in [4.69, 9.17) is 11.0 Å². The highest BCUT2D eigenvalue weighted by molar-refractivity contribution is 5.82. The summed E-state index contributed by atoms with van der Waals surface area (Å²) in [6, 6.07) is 5.37. The lowest BCUT2D eigenvalue weighted by molar-refractivity contribution is -0.137. The number of anilines is 1. The van der Waals surface area contributed by atoms with Crippen LogP contribution in [0.2, 0.25) is 0 Å². The minimum atomic E-state index is -4.61. The Morgan fingerprint density at radius 1 is 1.15 bits per heavy atom. The number of piperidine rings is 1. The number of hydrogen-bond acceptors (Lipinski definition) is 4. The molecule has 1 atom stereocenters. The third-order valence-electron chi connectivity index (χ3n) is 8.09. The van der Waals surface area contributed by atoms with Crippen LogP contribution in [0.15, 0.2) is 18.2 Å². The van der Waals surface area contributed by atoms with E-state index in [-0.39, 0.29) is 5.91 Å². The summed E-state index contributed by atoms with van der Waals surface area (Å²) in [6.45, 7) is 1.71. The van der Waals surface area contributed by atoms with E-state index in [0.29, 0.717) is 57.0 Å². The van der Waals surface area contributed by atoms with E-state index in [9.17, 15) is 22.8 Å². The van der Waals surface area contributed by atoms with Gasteiger partial charge in [0.1, 0.15) is 0 Å². The molecule has 4 rings (SSSR count). The van der Waals surface area contributed by atoms with Gasteiger partial charge in [-0.2, -0.15) is 18.4 Å². The van der Waals surface area contributed by atoms with Crippen molar-refractivity contribution in [2.75, 3.05) is 31.1 Å². The predicted octanol–water partition coefficient (Wildman–Crippen LogP) is 4.08. The number of amides is 2. The molecule has 3 aliphatic rings. The molecule has 184 valence electrons. The van der Waals surface area contributed by atoms with Crippen LogP contribution < -0.4 is 10.6 Å². The van der Waals surface area contributed by atoms with Crippen molar-refractivity contribution in [3.63, 3.8) is 0 Å². The number of primary amides is 1. The molecule has 1 saturated carbocycles. The zero-order valence-corrected chi connectivity index (χ0v) is 19.2. The van der Waals surface area contributed by atoms with Crippen LogP contribution in [0.1, 0.15) is 62.5 Å². The van der Waals surface area contributed by atoms with E-state index in [0.717, 1.165) is 31.7 Å². The van der Waals surface area contributed by atoms with Gasteiger partial charge in [0.2, 0.25) is 11.8 Å². The number of benzene rings is 1. The summed E-state index contributed by atoms with van der Waals surface area (Å²) >= 11 is 0. The summed E-state index contributed by atoms with van der Waals surface area (Å²) in [5.74, 6) is -0.374. The first-order valence-corrected chi connectivity index (χ1v) is 12.1. The van der Waals surface area contributed by atoms with Crippen LogP contribution in [0.3, 0.4) is 0 Å². The van der Waals surface area contributed by atoms with Crippen LogP contribution in [0.5, 0.6) is 0 Å². The van der Waals surface area contributed by atoms with E-state index in [1.54, 1.807) is 11.0 Å². The Labute approximate surface area is 197 Å². The number of nitrogens with zero attached hydrogens (tertiary/aromatic N) is 3. The quantitative estimate of drug-likeness (QED) is 0.709. The van der Waals surface area contributed by atoms with Crippen molar-refractivity contribution in [1.29, 1.82) is 5.26 Å². The van der Waals surface area contributed by atoms with Gasteiger partial charge in [-0.3, -0.25) is 9.59 Å². The highest BCUT2D eigenvalue weighted by atomic mass is 19.4. The minimum Gasteiger partial charge on any atom is -0.371 e. The van der Waals surface area contributed by atoms with E-state index in [1.165, 1.54) is 18.6 Å². The molecule has 0 bridgehead atoms. The first-order chi connectivity index (χ1) is 16.1. The Morgan fingerprint density at radius 2 is 1.82 bits per heavy atom. The number of hydrogen-bond donors (Lipinski definition) is 1. The Balaban J connectivity index is 1.46. The normalized spacial score (nSPS) is 23.2. The van der Waals surface area contributed by atoms with Gasteiger partial charge in [-0.1, -0.05) is 19.3 Å². The zero-order chi connectivity index (χ0) is 24.5. The molecule has 0 aromatic heterocycles. The van der Waals surface area contributed by atoms with Crippen molar-refractivity contribution in [3.8, 4) is 6.07 Å². The van der Waals surface area contributed by atoms with Crippen LogP contribution in [0.25, 0.3) is 0 Å². The molecular weight excluding hydrogens is 445 g/mol. The lowest BCUT2D eigenvalue weighted by atomic mass is 9.70. The molecular formula is C25H31F3N4O2. The second-order valence-electron chi connectivity index (χ2n) is 10.1. The van der Waals surface area contributed by atoms with Gasteiger partial charge in [-0.05, 0) is 49.8 Å². The first-order valence-electron chi connectivity index (χ1n) is 12.1. The Hall–Kier alpha value is -2.76. The SMILES string of the molecule is N#Cc1ccc(N2CCC3(CC2)CN(C(=O)CC2CCCCC2)CC3C(N)=O)cc1C(F)(F)F. The van der Waals surface area contributed by atoms with Gasteiger partial charge in [0.15, 0.2) is 0 Å². The molecule has 1 aliphatic carbocycles. The minimum absolute atomic E-state index is 0.0827. The van der Waals surface area contributed by atoms with E-state index >= 15 is 0 Å². The maximum Gasteiger partial charge on any atom is 0.417 e. The first kappa shape index (κ1) is 24.4. The van der Waals surface area contributed by atoms with Crippen LogP contribution in [-0.4, -0.2) is 42.9 Å². The molecule has 1 unspecified atom stereocenters. The second kappa shape index (κ2) is 9.47. The van der Waals surface area contributed by atoms with Crippen LogP contribution in [0, 0.1) is 28.6 Å². The average Bonchev–Trinajstić information content (AvgIpc) is 3.18. The fourth-order valence-electron chi connectivity index (χ4n) is 6.10. The van der Waals surface area contributed by atoms with Gasteiger partial charge in [-0.25, -0.2) is 0 Å². The summed E-state index contributed by atoms with van der Waals surface area (Å²) in [5, 5.41) is 9.04. The number of carbonyl (C=O) groups excluding carboxylic acids is 2. The average molecular weight is 477 g/mol. The van der Waals surface area contributed by atoms with Crippen molar-refractivity contribution in [1.82, 2.24) is 4.90 Å². The molecule has 2 saturated heterocycles. The molecule has 0 radical (unpaired) electrons. The number of nitriles is 1. The predicted molar refractivity (Wildman–Crippen MR) is 120 cm³/mol. The molecule has 1 aromatic rings. The van der Waals surface area contributed by atoms with Gasteiger partial charge >= 0.3 is 6.18 Å². The summed E-state index contributed by atoms with van der Waals surface area (Å²) in [7, 11) is 0. The molecule has 2 heterocycles. The molecule has 3 fully saturated rings. The van der Waals surface area contributed by atoms with Crippen LogP contribution in [0.4, 0.5) is 18.9 Å². The number of alkyl halides is 3. The van der Waals surface area contributed by atoms with Crippen LogP contribution >= 0.6 is 0 Å². The number of rotatable bonds is 4. The Morgan fingerprint density at radius 3 is 2.41 bits per heavy atom. The molecule has 9 heteroatoms. The highest BCUT2D eigenvalue weighted by Crippen LogP contribution is 2.46. The third-order valence-corrected chi connectivity index (χ3v) is 8.09. The number of likely N-dealkylation sites (tertiary alicyclic amines) is 1. The van der Waals surface area contributed by atoms with Gasteiger partial charge in [0.25, 0.3) is 0 Å². The highest BCUT2D eigenvalue weighted by Gasteiger charge is 2.51. The van der Waals surface area contributed by atoms with Gasteiger partial charge < -0.3 is 15.5 Å². The summed E-state index contributed by atoms with van der Waals surface area (Å²) in [5.41, 5.74) is 4.37. The molecule has 1 aromatic carbocycles. The molecule has 2 aliphatic heterocycles. The molecule has 2 amide bonds. The van der Waals surface area contributed by atoms with Gasteiger partial charge in [0, 0.05) is 43.7 Å². The lowest BCUT2D eigenvalue weighted by Gasteiger charge is -2.42. The molecule has 6 nitrogen and oxygen atoms in total. The lowest BCUT2D eigenvalue weighted by Crippen LogP contribution is -2.47. The second-order valence-corrected chi connectivity index (χ2v) is 10.1. The number of nitrogens with two attached hydrogens (primary N) is 1. The Kier molecular flexibility index (Phi) is 6.79. The summed E-state index contributed by atoms with van der Waals surface area (Å²) < 4.78 is 40.2. The standard InChI is InChI=1S/C25H31F3N4O2/c26-25(27,28)20-13-19(7-6-18(20)14-29)31-10-8-24(9-11-31)16-32(15-21(24)23(30)34)22(33)12-17-4-2-1-3-5-17/h6-7,13,17,21H,1-5,8-12,15-16H2,(H2,30,34). The van der Waals surface area contributed by atoms with Crippen molar-refractivity contribution in [3.05, 3.63) is 29.3 Å². The van der Waals surface area contributed by atoms with Crippen molar-refractivity contribution >= 4 is 17.5 Å². The maximum absolute atomic E-state index is 13.4. The molecule has 1 spiro atoms. The van der Waals surface area contributed by atoms with Crippen LogP contribution in [-0.2, 0) is 15.8 Å².